The first-order chi connectivity index (χ1) is 7.51. The van der Waals surface area contributed by atoms with Gasteiger partial charge in [-0.1, -0.05) is 32.1 Å². The second-order valence-electron chi connectivity index (χ2n) is 2.99. The van der Waals surface area contributed by atoms with Crippen molar-refractivity contribution in [1.29, 1.82) is 0 Å². The fourth-order valence-corrected chi connectivity index (χ4v) is 1.05. The fraction of sp³-hybridized carbons (Fsp3) is 0.500. The van der Waals surface area contributed by atoms with Crippen LogP contribution in [0.5, 0.6) is 0 Å². The third-order valence-corrected chi connectivity index (χ3v) is 1.54. The number of allylic oxidation sites excluding steroid dienone is 1. The van der Waals surface area contributed by atoms with Crippen molar-refractivity contribution in [3.8, 4) is 0 Å². The van der Waals surface area contributed by atoms with Gasteiger partial charge >= 0.3 is 0 Å². The molecule has 0 aliphatic heterocycles. The molecule has 0 atom stereocenters. The number of nitrogens with zero attached hydrogens (tertiary/aromatic N) is 2. The summed E-state index contributed by atoms with van der Waals surface area (Å²) in [5, 5.41) is 0. The molecule has 1 aromatic rings. The van der Waals surface area contributed by atoms with Gasteiger partial charge in [0.25, 0.3) is 0 Å². The van der Waals surface area contributed by atoms with E-state index in [1.165, 1.54) is 0 Å². The Kier molecular flexibility index (Phi) is 11.2. The molecule has 0 unspecified atom stereocenters. The second kappa shape index (κ2) is 10.4. The fourth-order valence-electron chi connectivity index (χ4n) is 0.805. The van der Waals surface area contributed by atoms with Crippen LogP contribution in [-0.4, -0.2) is 24.1 Å². The molecule has 1 heterocycles. The van der Waals surface area contributed by atoms with Crippen LogP contribution in [0.25, 0.3) is 0 Å². The van der Waals surface area contributed by atoms with Crippen LogP contribution >= 0.6 is 12.2 Å². The molecule has 1 aromatic heterocycles. The second-order valence-corrected chi connectivity index (χ2v) is 3.41. The van der Waals surface area contributed by atoms with Crippen LogP contribution < -0.4 is 4.90 Å². The van der Waals surface area contributed by atoms with Crippen molar-refractivity contribution in [3.63, 3.8) is 0 Å². The lowest BCUT2D eigenvalue weighted by atomic mass is 10.5. The highest BCUT2D eigenvalue weighted by Crippen LogP contribution is 2.05. The van der Waals surface area contributed by atoms with Crippen LogP contribution in [0.1, 0.15) is 26.6 Å². The first kappa shape index (κ1) is 17.2. The summed E-state index contributed by atoms with van der Waals surface area (Å²) in [6.07, 6.45) is 1.75. The Balaban J connectivity index is 0. The predicted molar refractivity (Wildman–Crippen MR) is 75.7 cm³/mol. The minimum absolute atomic E-state index is 0.630. The summed E-state index contributed by atoms with van der Waals surface area (Å²) in [5.74, 6) is 1.84. The summed E-state index contributed by atoms with van der Waals surface area (Å²) < 4.78 is 0.630. The summed E-state index contributed by atoms with van der Waals surface area (Å²) in [6.45, 7) is 11.1. The lowest BCUT2D eigenvalue weighted by molar-refractivity contribution is 0.981. The highest BCUT2D eigenvalue weighted by Gasteiger charge is 1.95. The molecule has 1 rings (SSSR count). The van der Waals surface area contributed by atoms with Crippen LogP contribution in [-0.2, 0) is 0 Å². The lowest BCUT2D eigenvalue weighted by Gasteiger charge is -2.11. The van der Waals surface area contributed by atoms with E-state index in [2.05, 4.69) is 16.5 Å². The molecule has 0 radical (unpaired) electrons. The Morgan fingerprint density at radius 3 is 2.19 bits per heavy atom. The maximum Gasteiger partial charge on any atom is 0.131 e. The smallest absolute Gasteiger partial charge is 0.131 e. The minimum Gasteiger partial charge on any atom is -0.364 e. The van der Waals surface area contributed by atoms with Crippen molar-refractivity contribution >= 4 is 18.0 Å². The van der Waals surface area contributed by atoms with E-state index in [-0.39, 0.29) is 0 Å². The Labute approximate surface area is 104 Å². The van der Waals surface area contributed by atoms with Gasteiger partial charge in [0.1, 0.15) is 16.3 Å². The topological polar surface area (TPSA) is 31.9 Å². The van der Waals surface area contributed by atoms with Gasteiger partial charge in [-0.05, 0) is 13.8 Å². The summed E-state index contributed by atoms with van der Waals surface area (Å²) in [5.41, 5.74) is 0. The van der Waals surface area contributed by atoms with Crippen molar-refractivity contribution in [2.45, 2.75) is 27.7 Å². The third kappa shape index (κ3) is 8.17. The van der Waals surface area contributed by atoms with Gasteiger partial charge in [-0.25, -0.2) is 4.98 Å². The van der Waals surface area contributed by atoms with Gasteiger partial charge < -0.3 is 9.88 Å². The molecule has 1 N–H and O–H groups in total. The van der Waals surface area contributed by atoms with Crippen molar-refractivity contribution in [1.82, 2.24) is 9.97 Å². The number of hydrogen-bond donors (Lipinski definition) is 1. The molecule has 0 saturated carbocycles. The zero-order chi connectivity index (χ0) is 13.1. The average molecular weight is 241 g/mol. The molecule has 0 amide bonds. The van der Waals surface area contributed by atoms with Crippen molar-refractivity contribution in [2.24, 2.45) is 0 Å². The molecule has 92 valence electrons. The van der Waals surface area contributed by atoms with E-state index >= 15 is 0 Å². The van der Waals surface area contributed by atoms with Crippen LogP contribution in [0.2, 0.25) is 0 Å². The highest BCUT2D eigenvalue weighted by atomic mass is 32.1. The van der Waals surface area contributed by atoms with Gasteiger partial charge in [0.05, 0.1) is 0 Å². The molecule has 0 bridgehead atoms. The zero-order valence-electron chi connectivity index (χ0n) is 11.2. The van der Waals surface area contributed by atoms with E-state index < -0.39 is 0 Å². The zero-order valence-corrected chi connectivity index (χ0v) is 12.0. The minimum atomic E-state index is 0.630. The van der Waals surface area contributed by atoms with Gasteiger partial charge in [0, 0.05) is 20.2 Å². The van der Waals surface area contributed by atoms with Crippen LogP contribution in [0.3, 0.4) is 0 Å². The highest BCUT2D eigenvalue weighted by molar-refractivity contribution is 7.71. The molecular weight excluding hydrogens is 218 g/mol. The predicted octanol–water partition coefficient (Wildman–Crippen LogP) is 3.73. The van der Waals surface area contributed by atoms with Crippen molar-refractivity contribution in [2.75, 3.05) is 19.0 Å². The number of nitrogens with one attached hydrogen (secondary N) is 1. The first-order valence-corrected chi connectivity index (χ1v) is 5.74. The number of H-pyrrole nitrogens is 1. The molecule has 0 spiro atoms. The maximum atomic E-state index is 4.95. The van der Waals surface area contributed by atoms with E-state index in [1.54, 1.807) is 6.08 Å². The Morgan fingerprint density at radius 1 is 1.44 bits per heavy atom. The largest absolute Gasteiger partial charge is 0.364 e. The van der Waals surface area contributed by atoms with Crippen LogP contribution in [0.15, 0.2) is 18.7 Å². The normalized spacial score (nSPS) is 7.88. The Hall–Kier alpha value is -1.16. The standard InChI is InChI=1S/C7H11N3S.C3H6.C2H6/c1-5-8-6(10(2)3)4-7(11)9-5;1-3-2;1-2/h4H,1-3H3,(H,8,9,11);3H,1H2,2H3;1-2H3. The van der Waals surface area contributed by atoms with Gasteiger partial charge in [0.15, 0.2) is 0 Å². The lowest BCUT2D eigenvalue weighted by Crippen LogP contribution is -2.11. The molecule has 0 aliphatic rings. The monoisotopic (exact) mass is 241 g/mol. The number of hydrogen-bond acceptors (Lipinski definition) is 3. The first-order valence-electron chi connectivity index (χ1n) is 5.33. The van der Waals surface area contributed by atoms with Crippen LogP contribution in [0.4, 0.5) is 5.82 Å². The molecular formula is C12H23N3S. The number of aryl methyl sites for hydroxylation is 1. The van der Waals surface area contributed by atoms with Gasteiger partial charge in [-0.15, -0.1) is 6.58 Å². The number of aromatic amines is 1. The number of aromatic nitrogens is 2. The number of anilines is 1. The quantitative estimate of drug-likeness (QED) is 0.600. The maximum absolute atomic E-state index is 4.95. The molecule has 16 heavy (non-hydrogen) atoms. The van der Waals surface area contributed by atoms with E-state index in [4.69, 9.17) is 12.2 Å². The van der Waals surface area contributed by atoms with E-state index in [0.717, 1.165) is 11.6 Å². The summed E-state index contributed by atoms with van der Waals surface area (Å²) in [4.78, 5) is 9.11. The average Bonchev–Trinajstić information content (AvgIpc) is 2.20. The van der Waals surface area contributed by atoms with Crippen molar-refractivity contribution < 1.29 is 0 Å². The van der Waals surface area contributed by atoms with Gasteiger partial charge in [-0.3, -0.25) is 0 Å². The van der Waals surface area contributed by atoms with Crippen molar-refractivity contribution in [3.05, 3.63) is 29.2 Å². The SMILES string of the molecule is C=CC.CC.Cc1nc(=S)cc(N(C)C)[nH]1. The Morgan fingerprint density at radius 2 is 1.88 bits per heavy atom. The van der Waals surface area contributed by atoms with Gasteiger partial charge in [-0.2, -0.15) is 0 Å². The summed E-state index contributed by atoms with van der Waals surface area (Å²) >= 11 is 4.95. The van der Waals surface area contributed by atoms with E-state index in [9.17, 15) is 0 Å². The Bertz CT molecular complexity index is 342. The molecule has 0 aliphatic carbocycles. The molecule has 0 fully saturated rings. The van der Waals surface area contributed by atoms with Gasteiger partial charge in [0.2, 0.25) is 0 Å². The van der Waals surface area contributed by atoms with E-state index in [1.807, 2.05) is 52.8 Å². The van der Waals surface area contributed by atoms with E-state index in [0.29, 0.717) is 4.64 Å². The third-order valence-electron chi connectivity index (χ3n) is 1.33. The molecule has 3 nitrogen and oxygen atoms in total. The van der Waals surface area contributed by atoms with Crippen LogP contribution in [0, 0.1) is 11.6 Å². The number of rotatable bonds is 1. The summed E-state index contributed by atoms with van der Waals surface area (Å²) in [7, 11) is 3.92. The molecule has 4 heteroatoms. The summed E-state index contributed by atoms with van der Waals surface area (Å²) in [6, 6.07) is 1.84. The molecule has 0 aromatic carbocycles. The molecule has 0 saturated heterocycles.